The lowest BCUT2D eigenvalue weighted by Gasteiger charge is -1.98. The van der Waals surface area contributed by atoms with Crippen LogP contribution < -0.4 is 0 Å². The van der Waals surface area contributed by atoms with Crippen molar-refractivity contribution in [3.05, 3.63) is 22.8 Å². The highest BCUT2D eigenvalue weighted by atomic mass is 79.9. The van der Waals surface area contributed by atoms with Crippen LogP contribution in [0.4, 0.5) is 0 Å². The van der Waals surface area contributed by atoms with Crippen LogP contribution in [0.2, 0.25) is 0 Å². The monoisotopic (exact) mass is 226 g/mol. The van der Waals surface area contributed by atoms with E-state index in [1.807, 2.05) is 13.1 Å². The second-order valence-corrected chi connectivity index (χ2v) is 3.39. The first kappa shape index (κ1) is 7.61. The first-order valence-electron chi connectivity index (χ1n) is 3.49. The Balaban J connectivity index is 2.93. The second-order valence-electron chi connectivity index (χ2n) is 2.60. The summed E-state index contributed by atoms with van der Waals surface area (Å²) in [6.07, 6.45) is 1.72. The number of hydrogen-bond donors (Lipinski definition) is 1. The third kappa shape index (κ3) is 0.914. The molecule has 0 amide bonds. The smallest absolute Gasteiger partial charge is 0.130 e. The molecule has 4 heteroatoms. The van der Waals surface area contributed by atoms with Crippen molar-refractivity contribution < 1.29 is 5.11 Å². The van der Waals surface area contributed by atoms with E-state index in [2.05, 4.69) is 21.0 Å². The molecule has 2 aromatic rings. The van der Waals surface area contributed by atoms with E-state index < -0.39 is 0 Å². The Morgan fingerprint density at radius 1 is 1.50 bits per heavy atom. The van der Waals surface area contributed by atoms with Gasteiger partial charge in [-0.15, -0.1) is 0 Å². The highest BCUT2D eigenvalue weighted by Crippen LogP contribution is 2.31. The summed E-state index contributed by atoms with van der Waals surface area (Å²) in [4.78, 5) is 0. The van der Waals surface area contributed by atoms with Crippen LogP contribution in [-0.2, 0) is 7.05 Å². The van der Waals surface area contributed by atoms with E-state index in [9.17, 15) is 5.11 Å². The van der Waals surface area contributed by atoms with Crippen molar-refractivity contribution in [3.63, 3.8) is 0 Å². The maximum Gasteiger partial charge on any atom is 0.130 e. The largest absolute Gasteiger partial charge is 0.507 e. The minimum Gasteiger partial charge on any atom is -0.507 e. The van der Waals surface area contributed by atoms with Gasteiger partial charge in [-0.3, -0.25) is 4.68 Å². The van der Waals surface area contributed by atoms with Gasteiger partial charge in [-0.2, -0.15) is 5.10 Å². The summed E-state index contributed by atoms with van der Waals surface area (Å²) in [6, 6.07) is 3.48. The number of aromatic nitrogens is 2. The third-order valence-corrected chi connectivity index (χ3v) is 2.68. The maximum absolute atomic E-state index is 9.34. The van der Waals surface area contributed by atoms with Crippen molar-refractivity contribution in [2.24, 2.45) is 7.05 Å². The Labute approximate surface area is 77.7 Å². The number of halogens is 1. The van der Waals surface area contributed by atoms with Crippen molar-refractivity contribution >= 4 is 26.8 Å². The number of phenols is 1. The molecule has 12 heavy (non-hydrogen) atoms. The fraction of sp³-hybridized carbons (Fsp3) is 0.125. The van der Waals surface area contributed by atoms with Gasteiger partial charge in [0.05, 0.1) is 16.2 Å². The zero-order chi connectivity index (χ0) is 8.72. The first-order valence-corrected chi connectivity index (χ1v) is 4.28. The summed E-state index contributed by atoms with van der Waals surface area (Å²) in [6.45, 7) is 0. The van der Waals surface area contributed by atoms with Gasteiger partial charge in [0.15, 0.2) is 0 Å². The maximum atomic E-state index is 9.34. The van der Waals surface area contributed by atoms with E-state index in [4.69, 9.17) is 0 Å². The van der Waals surface area contributed by atoms with Crippen molar-refractivity contribution in [1.82, 2.24) is 9.78 Å². The van der Waals surface area contributed by atoms with Gasteiger partial charge >= 0.3 is 0 Å². The predicted octanol–water partition coefficient (Wildman–Crippen LogP) is 2.04. The summed E-state index contributed by atoms with van der Waals surface area (Å²) >= 11 is 3.29. The van der Waals surface area contributed by atoms with E-state index in [-0.39, 0.29) is 5.75 Å². The van der Waals surface area contributed by atoms with Crippen LogP contribution in [0.15, 0.2) is 22.8 Å². The molecule has 0 bridgehead atoms. The van der Waals surface area contributed by atoms with Gasteiger partial charge in [0.2, 0.25) is 0 Å². The Bertz CT molecular complexity index is 436. The molecule has 1 heterocycles. The predicted molar refractivity (Wildman–Crippen MR) is 50.1 cm³/mol. The minimum absolute atomic E-state index is 0.246. The van der Waals surface area contributed by atoms with Crippen LogP contribution in [0.25, 0.3) is 10.9 Å². The van der Waals surface area contributed by atoms with Gasteiger partial charge in [-0.1, -0.05) is 0 Å². The van der Waals surface area contributed by atoms with Gasteiger partial charge in [0, 0.05) is 12.4 Å². The number of phenolic OH excluding ortho intramolecular Hbond substituents is 1. The molecule has 0 aliphatic rings. The van der Waals surface area contributed by atoms with E-state index in [0.29, 0.717) is 4.47 Å². The average molecular weight is 227 g/mol. The molecule has 1 aromatic carbocycles. The zero-order valence-electron chi connectivity index (χ0n) is 6.45. The topological polar surface area (TPSA) is 38.0 Å². The average Bonchev–Trinajstić information content (AvgIpc) is 2.41. The van der Waals surface area contributed by atoms with Crippen LogP contribution in [0.1, 0.15) is 0 Å². The Hall–Kier alpha value is -1.03. The number of aryl methyl sites for hydroxylation is 1. The summed E-state index contributed by atoms with van der Waals surface area (Å²) in [5, 5.41) is 14.3. The molecule has 0 saturated carbocycles. The molecular formula is C8H7BrN2O. The van der Waals surface area contributed by atoms with Gasteiger partial charge in [0.1, 0.15) is 5.75 Å². The quantitative estimate of drug-likeness (QED) is 0.747. The van der Waals surface area contributed by atoms with Gasteiger partial charge < -0.3 is 5.11 Å². The lowest BCUT2D eigenvalue weighted by molar-refractivity contribution is 0.473. The lowest BCUT2D eigenvalue weighted by Crippen LogP contribution is -1.87. The second kappa shape index (κ2) is 2.48. The minimum atomic E-state index is 0.246. The van der Waals surface area contributed by atoms with Crippen molar-refractivity contribution in [3.8, 4) is 5.75 Å². The highest BCUT2D eigenvalue weighted by Gasteiger charge is 2.06. The van der Waals surface area contributed by atoms with Crippen LogP contribution in [0, 0.1) is 0 Å². The molecule has 0 aliphatic carbocycles. The standard InChI is InChI=1S/C8H7BrN2O/c1-11-6-2-3-7(12)8(9)5(6)4-10-11/h2-4,12H,1H3. The van der Waals surface area contributed by atoms with Crippen molar-refractivity contribution in [2.45, 2.75) is 0 Å². The van der Waals surface area contributed by atoms with E-state index in [1.54, 1.807) is 16.9 Å². The van der Waals surface area contributed by atoms with E-state index >= 15 is 0 Å². The highest BCUT2D eigenvalue weighted by molar-refractivity contribution is 9.10. The number of fused-ring (bicyclic) bond motifs is 1. The van der Waals surface area contributed by atoms with Gasteiger partial charge in [-0.05, 0) is 28.1 Å². The molecule has 2 rings (SSSR count). The zero-order valence-corrected chi connectivity index (χ0v) is 8.04. The van der Waals surface area contributed by atoms with Crippen LogP contribution in [0.3, 0.4) is 0 Å². The lowest BCUT2D eigenvalue weighted by atomic mass is 10.2. The first-order chi connectivity index (χ1) is 5.70. The number of hydrogen-bond acceptors (Lipinski definition) is 2. The SMILES string of the molecule is Cn1ncc2c(Br)c(O)ccc21. The number of rotatable bonds is 0. The van der Waals surface area contributed by atoms with Crippen LogP contribution >= 0.6 is 15.9 Å². The summed E-state index contributed by atoms with van der Waals surface area (Å²) in [5.74, 6) is 0.246. The third-order valence-electron chi connectivity index (χ3n) is 1.85. The van der Waals surface area contributed by atoms with Gasteiger partial charge in [0.25, 0.3) is 0 Å². The molecule has 0 saturated heterocycles. The normalized spacial score (nSPS) is 10.8. The van der Waals surface area contributed by atoms with Crippen molar-refractivity contribution in [1.29, 1.82) is 0 Å². The molecule has 0 aliphatic heterocycles. The van der Waals surface area contributed by atoms with E-state index in [0.717, 1.165) is 10.9 Å². The van der Waals surface area contributed by atoms with Crippen LogP contribution in [0.5, 0.6) is 5.75 Å². The molecule has 0 fully saturated rings. The fourth-order valence-corrected chi connectivity index (χ4v) is 1.62. The number of aromatic hydroxyl groups is 1. The summed E-state index contributed by atoms with van der Waals surface area (Å²) < 4.78 is 2.47. The molecule has 0 radical (unpaired) electrons. The van der Waals surface area contributed by atoms with Crippen molar-refractivity contribution in [2.75, 3.05) is 0 Å². The summed E-state index contributed by atoms with van der Waals surface area (Å²) in [5.41, 5.74) is 1.000. The van der Waals surface area contributed by atoms with Gasteiger partial charge in [-0.25, -0.2) is 0 Å². The molecule has 3 nitrogen and oxygen atoms in total. The molecule has 0 atom stereocenters. The molecule has 62 valence electrons. The van der Waals surface area contributed by atoms with E-state index in [1.165, 1.54) is 0 Å². The molecule has 1 aromatic heterocycles. The Morgan fingerprint density at radius 2 is 2.25 bits per heavy atom. The Morgan fingerprint density at radius 3 is 3.00 bits per heavy atom. The fourth-order valence-electron chi connectivity index (χ4n) is 1.18. The summed E-state index contributed by atoms with van der Waals surface area (Å²) in [7, 11) is 1.87. The molecule has 0 spiro atoms. The molecule has 0 unspecified atom stereocenters. The van der Waals surface area contributed by atoms with Crippen LogP contribution in [-0.4, -0.2) is 14.9 Å². The molecular weight excluding hydrogens is 220 g/mol. The number of nitrogens with zero attached hydrogens (tertiary/aromatic N) is 2. The molecule has 1 N–H and O–H groups in total. The number of benzene rings is 1. The Kier molecular flexibility index (Phi) is 1.58.